The van der Waals surface area contributed by atoms with E-state index in [4.69, 9.17) is 0 Å². The van der Waals surface area contributed by atoms with E-state index in [2.05, 4.69) is 25.2 Å². The molecule has 29 heavy (non-hydrogen) atoms. The van der Waals surface area contributed by atoms with Crippen LogP contribution in [0.15, 0.2) is 67.1 Å². The average Bonchev–Trinajstić information content (AvgIpc) is 2.80. The number of carbonyl (C=O) groups excluding carboxylic acids is 1. The Hall–Kier alpha value is -3.74. The Morgan fingerprint density at radius 2 is 1.59 bits per heavy atom. The summed E-state index contributed by atoms with van der Waals surface area (Å²) in [4.78, 5) is 30.3. The number of aromatic nitrogens is 3. The Kier molecular flexibility index (Phi) is 4.40. The van der Waals surface area contributed by atoms with Gasteiger partial charge in [0.15, 0.2) is 0 Å². The lowest BCUT2D eigenvalue weighted by atomic mass is 10.1. The number of fused-ring (bicyclic) bond motifs is 3. The van der Waals surface area contributed by atoms with Crippen molar-refractivity contribution in [2.45, 2.75) is 0 Å². The van der Waals surface area contributed by atoms with Crippen molar-refractivity contribution in [3.8, 4) is 0 Å². The molecule has 0 radical (unpaired) electrons. The van der Waals surface area contributed by atoms with Crippen LogP contribution >= 0.6 is 0 Å². The molecule has 144 valence electrons. The zero-order valence-electron chi connectivity index (χ0n) is 15.8. The molecule has 0 aliphatic carbocycles. The van der Waals surface area contributed by atoms with Crippen molar-refractivity contribution in [1.82, 2.24) is 19.9 Å². The van der Waals surface area contributed by atoms with Crippen molar-refractivity contribution in [3.05, 3.63) is 67.1 Å². The maximum atomic E-state index is 12.9. The van der Waals surface area contributed by atoms with Gasteiger partial charge in [-0.25, -0.2) is 9.78 Å². The normalized spacial score (nSPS) is 14.3. The van der Waals surface area contributed by atoms with Gasteiger partial charge in [0, 0.05) is 55.5 Å². The summed E-state index contributed by atoms with van der Waals surface area (Å²) in [7, 11) is 0. The lowest BCUT2D eigenvalue weighted by Crippen LogP contribution is -2.50. The standard InChI is InChI=1S/C22H20N6O/c29-22(28-13-11-27(12-14-28)20-7-1-2-8-24-20)26-19-15-18-16(5-3-9-23-18)17-6-4-10-25-21(17)19/h1-10,15H,11-14H2,(H,26,29). The van der Waals surface area contributed by atoms with Crippen molar-refractivity contribution < 1.29 is 4.79 Å². The molecule has 0 spiro atoms. The van der Waals surface area contributed by atoms with Crippen LogP contribution in [0.25, 0.3) is 21.8 Å². The molecule has 4 heterocycles. The van der Waals surface area contributed by atoms with Crippen LogP contribution in [0.4, 0.5) is 16.3 Å². The monoisotopic (exact) mass is 384 g/mol. The molecule has 7 heteroatoms. The minimum Gasteiger partial charge on any atom is -0.353 e. The van der Waals surface area contributed by atoms with E-state index in [1.54, 1.807) is 18.6 Å². The zero-order chi connectivity index (χ0) is 19.6. The summed E-state index contributed by atoms with van der Waals surface area (Å²) in [6, 6.07) is 15.5. The van der Waals surface area contributed by atoms with E-state index in [1.807, 2.05) is 53.4 Å². The molecule has 5 rings (SSSR count). The van der Waals surface area contributed by atoms with Gasteiger partial charge in [-0.1, -0.05) is 18.2 Å². The highest BCUT2D eigenvalue weighted by atomic mass is 16.2. The number of carbonyl (C=O) groups is 1. The first kappa shape index (κ1) is 17.4. The Morgan fingerprint density at radius 3 is 2.38 bits per heavy atom. The van der Waals surface area contributed by atoms with Gasteiger partial charge < -0.3 is 15.1 Å². The summed E-state index contributed by atoms with van der Waals surface area (Å²) >= 11 is 0. The fourth-order valence-electron chi connectivity index (χ4n) is 3.77. The summed E-state index contributed by atoms with van der Waals surface area (Å²) < 4.78 is 0. The number of rotatable bonds is 2. The van der Waals surface area contributed by atoms with E-state index < -0.39 is 0 Å². The lowest BCUT2D eigenvalue weighted by molar-refractivity contribution is 0.208. The molecule has 0 unspecified atom stereocenters. The molecule has 0 bridgehead atoms. The number of amides is 2. The first-order chi connectivity index (χ1) is 14.3. The van der Waals surface area contributed by atoms with Gasteiger partial charge in [-0.15, -0.1) is 0 Å². The summed E-state index contributed by atoms with van der Waals surface area (Å²) in [5.41, 5.74) is 2.29. The maximum Gasteiger partial charge on any atom is 0.322 e. The molecule has 1 N–H and O–H groups in total. The molecule has 4 aromatic rings. The van der Waals surface area contributed by atoms with Gasteiger partial charge in [0.25, 0.3) is 0 Å². The van der Waals surface area contributed by atoms with E-state index >= 15 is 0 Å². The number of hydrogen-bond acceptors (Lipinski definition) is 5. The van der Waals surface area contributed by atoms with Gasteiger partial charge in [-0.3, -0.25) is 9.97 Å². The Labute approximate surface area is 168 Å². The third kappa shape index (κ3) is 3.31. The van der Waals surface area contributed by atoms with Crippen LogP contribution in [0.3, 0.4) is 0 Å². The molecule has 1 aromatic carbocycles. The fraction of sp³-hybridized carbons (Fsp3) is 0.182. The lowest BCUT2D eigenvalue weighted by Gasteiger charge is -2.35. The van der Waals surface area contributed by atoms with Crippen LogP contribution in [0.2, 0.25) is 0 Å². The number of anilines is 2. The van der Waals surface area contributed by atoms with Crippen molar-refractivity contribution in [3.63, 3.8) is 0 Å². The van der Waals surface area contributed by atoms with Crippen molar-refractivity contribution in [1.29, 1.82) is 0 Å². The minimum absolute atomic E-state index is 0.118. The third-order valence-corrected chi connectivity index (χ3v) is 5.25. The molecule has 3 aromatic heterocycles. The molecule has 1 saturated heterocycles. The number of benzene rings is 1. The number of urea groups is 1. The van der Waals surface area contributed by atoms with E-state index in [0.717, 1.165) is 40.7 Å². The Bertz CT molecular complexity index is 1170. The molecule has 2 amide bonds. The molecule has 0 atom stereocenters. The average molecular weight is 384 g/mol. The van der Waals surface area contributed by atoms with Crippen molar-refractivity contribution in [2.24, 2.45) is 0 Å². The van der Waals surface area contributed by atoms with Crippen LogP contribution in [-0.4, -0.2) is 52.1 Å². The minimum atomic E-state index is -0.118. The van der Waals surface area contributed by atoms with Gasteiger partial charge >= 0.3 is 6.03 Å². The van der Waals surface area contributed by atoms with Gasteiger partial charge in [0.1, 0.15) is 5.82 Å². The Morgan fingerprint density at radius 1 is 0.828 bits per heavy atom. The van der Waals surface area contributed by atoms with Crippen LogP contribution < -0.4 is 10.2 Å². The van der Waals surface area contributed by atoms with Gasteiger partial charge in [0.2, 0.25) is 0 Å². The van der Waals surface area contributed by atoms with Crippen LogP contribution in [-0.2, 0) is 0 Å². The first-order valence-electron chi connectivity index (χ1n) is 9.64. The van der Waals surface area contributed by atoms with Crippen molar-refractivity contribution in [2.75, 3.05) is 36.4 Å². The van der Waals surface area contributed by atoms with Crippen LogP contribution in [0.1, 0.15) is 0 Å². The van der Waals surface area contributed by atoms with Gasteiger partial charge in [-0.05, 0) is 30.3 Å². The molecule has 1 aliphatic heterocycles. The topological polar surface area (TPSA) is 74.2 Å². The summed E-state index contributed by atoms with van der Waals surface area (Å²) in [6.45, 7) is 2.78. The number of nitrogens with one attached hydrogen (secondary N) is 1. The molecule has 1 aliphatic rings. The largest absolute Gasteiger partial charge is 0.353 e. The third-order valence-electron chi connectivity index (χ3n) is 5.25. The van der Waals surface area contributed by atoms with Crippen LogP contribution in [0.5, 0.6) is 0 Å². The molecular weight excluding hydrogens is 364 g/mol. The highest BCUT2D eigenvalue weighted by molar-refractivity contribution is 6.12. The highest BCUT2D eigenvalue weighted by Crippen LogP contribution is 2.29. The summed E-state index contributed by atoms with van der Waals surface area (Å²) in [6.07, 6.45) is 5.29. The molecule has 1 fully saturated rings. The number of piperazine rings is 1. The summed E-state index contributed by atoms with van der Waals surface area (Å²) in [5.74, 6) is 0.948. The quantitative estimate of drug-likeness (QED) is 0.535. The molecule has 7 nitrogen and oxygen atoms in total. The van der Waals surface area contributed by atoms with Gasteiger partial charge in [0.05, 0.1) is 16.7 Å². The van der Waals surface area contributed by atoms with E-state index in [0.29, 0.717) is 18.8 Å². The maximum absolute atomic E-state index is 12.9. The smallest absolute Gasteiger partial charge is 0.322 e. The second-order valence-corrected chi connectivity index (χ2v) is 6.99. The Balaban J connectivity index is 1.36. The van der Waals surface area contributed by atoms with E-state index in [-0.39, 0.29) is 6.03 Å². The first-order valence-corrected chi connectivity index (χ1v) is 9.64. The zero-order valence-corrected chi connectivity index (χ0v) is 15.8. The number of pyridine rings is 3. The van der Waals surface area contributed by atoms with Crippen LogP contribution in [0, 0.1) is 0 Å². The molecule has 0 saturated carbocycles. The SMILES string of the molecule is O=C(Nc1cc2ncccc2c2cccnc12)N1CCN(c2ccccn2)CC1. The second-order valence-electron chi connectivity index (χ2n) is 6.99. The van der Waals surface area contributed by atoms with Crippen molar-refractivity contribution >= 4 is 39.3 Å². The number of hydrogen-bond donors (Lipinski definition) is 1. The summed E-state index contributed by atoms with van der Waals surface area (Å²) in [5, 5.41) is 5.06. The number of nitrogens with zero attached hydrogens (tertiary/aromatic N) is 5. The van der Waals surface area contributed by atoms with E-state index in [1.165, 1.54) is 0 Å². The molecular formula is C22H20N6O. The predicted molar refractivity (Wildman–Crippen MR) is 114 cm³/mol. The van der Waals surface area contributed by atoms with E-state index in [9.17, 15) is 4.79 Å². The second kappa shape index (κ2) is 7.35. The fourth-order valence-corrected chi connectivity index (χ4v) is 3.77. The predicted octanol–water partition coefficient (Wildman–Crippen LogP) is 3.53. The highest BCUT2D eigenvalue weighted by Gasteiger charge is 2.22. The van der Waals surface area contributed by atoms with Gasteiger partial charge in [-0.2, -0.15) is 0 Å².